The largest absolute Gasteiger partial charge is 0.207 e. The lowest BCUT2D eigenvalue weighted by atomic mass is 10.1. The Morgan fingerprint density at radius 3 is 2.56 bits per heavy atom. The van der Waals surface area contributed by atoms with Crippen LogP contribution in [0, 0.1) is 12.7 Å². The van der Waals surface area contributed by atoms with Gasteiger partial charge in [-0.15, -0.1) is 22.9 Å². The van der Waals surface area contributed by atoms with Crippen molar-refractivity contribution in [2.45, 2.75) is 12.3 Å². The first kappa shape index (κ1) is 14.6. The molecule has 18 heavy (non-hydrogen) atoms. The molecule has 0 aliphatic carbocycles. The Kier molecular flexibility index (Phi) is 4.61. The van der Waals surface area contributed by atoms with Gasteiger partial charge >= 0.3 is 0 Å². The normalized spacial score (nSPS) is 12.8. The number of halogens is 5. The van der Waals surface area contributed by atoms with Crippen LogP contribution in [-0.2, 0) is 0 Å². The van der Waals surface area contributed by atoms with Gasteiger partial charge in [0.15, 0.2) is 0 Å². The summed E-state index contributed by atoms with van der Waals surface area (Å²) in [5, 5.41) is 2.26. The summed E-state index contributed by atoms with van der Waals surface area (Å²) in [6, 6.07) is 2.82. The second-order valence-electron chi connectivity index (χ2n) is 3.75. The van der Waals surface area contributed by atoms with Crippen molar-refractivity contribution < 1.29 is 4.39 Å². The van der Waals surface area contributed by atoms with Crippen molar-refractivity contribution in [3.05, 3.63) is 53.9 Å². The maximum Gasteiger partial charge on any atom is 0.129 e. The van der Waals surface area contributed by atoms with Gasteiger partial charge in [-0.25, -0.2) is 4.39 Å². The van der Waals surface area contributed by atoms with Crippen LogP contribution in [0.15, 0.2) is 22.0 Å². The van der Waals surface area contributed by atoms with E-state index in [0.29, 0.717) is 20.1 Å². The molecule has 1 atom stereocenters. The summed E-state index contributed by atoms with van der Waals surface area (Å²) in [4.78, 5) is 0.730. The summed E-state index contributed by atoms with van der Waals surface area (Å²) in [6.07, 6.45) is 0. The maximum atomic E-state index is 13.9. The lowest BCUT2D eigenvalue weighted by molar-refractivity contribution is 0.612. The van der Waals surface area contributed by atoms with Gasteiger partial charge in [0, 0.05) is 14.9 Å². The fourth-order valence-electron chi connectivity index (χ4n) is 1.49. The molecule has 0 saturated carbocycles. The van der Waals surface area contributed by atoms with Gasteiger partial charge in [-0.1, -0.05) is 23.2 Å². The second-order valence-corrected chi connectivity index (χ2v) is 6.73. The maximum absolute atomic E-state index is 13.9. The molecule has 1 aromatic carbocycles. The minimum atomic E-state index is -0.637. The third kappa shape index (κ3) is 2.70. The standard InChI is InChI=1S/C12H7BrCl3FS/c1-5-4-18-12(10(5)15)11(16)6-2-8(14)7(13)3-9(6)17/h2-4,11H,1H3. The summed E-state index contributed by atoms with van der Waals surface area (Å²) >= 11 is 23.0. The van der Waals surface area contributed by atoms with Crippen LogP contribution >= 0.6 is 62.1 Å². The molecule has 96 valence electrons. The quantitative estimate of drug-likeness (QED) is 0.402. The Morgan fingerprint density at radius 2 is 2.00 bits per heavy atom. The fourth-order valence-corrected chi connectivity index (χ4v) is 3.76. The highest BCUT2D eigenvalue weighted by molar-refractivity contribution is 9.10. The second kappa shape index (κ2) is 5.68. The zero-order valence-electron chi connectivity index (χ0n) is 9.11. The van der Waals surface area contributed by atoms with Crippen molar-refractivity contribution in [3.63, 3.8) is 0 Å². The highest BCUT2D eigenvalue weighted by Crippen LogP contribution is 2.41. The molecule has 0 spiro atoms. The van der Waals surface area contributed by atoms with E-state index in [0.717, 1.165) is 10.4 Å². The van der Waals surface area contributed by atoms with Crippen molar-refractivity contribution in [1.29, 1.82) is 0 Å². The number of thiophene rings is 1. The van der Waals surface area contributed by atoms with Gasteiger partial charge in [0.25, 0.3) is 0 Å². The van der Waals surface area contributed by atoms with Gasteiger partial charge < -0.3 is 0 Å². The summed E-state index contributed by atoms with van der Waals surface area (Å²) in [7, 11) is 0. The topological polar surface area (TPSA) is 0 Å². The Bertz CT molecular complexity index is 597. The molecule has 0 aliphatic heterocycles. The van der Waals surface area contributed by atoms with Crippen LogP contribution in [0.1, 0.15) is 21.4 Å². The molecule has 6 heteroatoms. The molecule has 0 saturated heterocycles. The van der Waals surface area contributed by atoms with E-state index in [1.807, 2.05) is 12.3 Å². The van der Waals surface area contributed by atoms with Crippen LogP contribution in [0.4, 0.5) is 4.39 Å². The van der Waals surface area contributed by atoms with Crippen LogP contribution in [0.5, 0.6) is 0 Å². The lowest BCUT2D eigenvalue weighted by Crippen LogP contribution is -1.96. The van der Waals surface area contributed by atoms with E-state index in [1.165, 1.54) is 23.5 Å². The third-order valence-corrected chi connectivity index (χ3v) is 6.03. The molecule has 1 heterocycles. The summed E-state index contributed by atoms with van der Waals surface area (Å²) in [5.74, 6) is -0.409. The molecule has 1 unspecified atom stereocenters. The Balaban J connectivity index is 2.49. The molecule has 0 bridgehead atoms. The Morgan fingerprint density at radius 1 is 1.33 bits per heavy atom. The molecular formula is C12H7BrCl3FS. The minimum absolute atomic E-state index is 0.327. The van der Waals surface area contributed by atoms with E-state index in [2.05, 4.69) is 15.9 Å². The highest BCUT2D eigenvalue weighted by atomic mass is 79.9. The van der Waals surface area contributed by atoms with E-state index >= 15 is 0 Å². The molecule has 0 nitrogen and oxygen atoms in total. The van der Waals surface area contributed by atoms with Gasteiger partial charge in [0.1, 0.15) is 5.82 Å². The smallest absolute Gasteiger partial charge is 0.129 e. The first-order chi connectivity index (χ1) is 8.41. The zero-order valence-corrected chi connectivity index (χ0v) is 13.8. The van der Waals surface area contributed by atoms with E-state index in [1.54, 1.807) is 0 Å². The van der Waals surface area contributed by atoms with E-state index in [4.69, 9.17) is 34.8 Å². The predicted octanol–water partition coefficient (Wildman–Crippen LogP) is 6.59. The number of hydrogen-bond acceptors (Lipinski definition) is 1. The van der Waals surface area contributed by atoms with Gasteiger partial charge in [0.2, 0.25) is 0 Å². The molecule has 0 radical (unpaired) electrons. The molecule has 0 aliphatic rings. The number of alkyl halides is 1. The lowest BCUT2D eigenvalue weighted by Gasteiger charge is -2.11. The van der Waals surface area contributed by atoms with E-state index < -0.39 is 11.2 Å². The van der Waals surface area contributed by atoms with Crippen molar-refractivity contribution in [1.82, 2.24) is 0 Å². The molecule has 1 aromatic heterocycles. The van der Waals surface area contributed by atoms with Crippen LogP contribution in [0.25, 0.3) is 0 Å². The van der Waals surface area contributed by atoms with Crippen molar-refractivity contribution >= 4 is 62.1 Å². The average Bonchev–Trinajstić information content (AvgIpc) is 2.64. The fraction of sp³-hybridized carbons (Fsp3) is 0.167. The third-order valence-electron chi connectivity index (χ3n) is 2.47. The van der Waals surface area contributed by atoms with Crippen LogP contribution in [-0.4, -0.2) is 0 Å². The molecule has 0 N–H and O–H groups in total. The number of benzene rings is 1. The number of rotatable bonds is 2. The molecule has 2 aromatic rings. The minimum Gasteiger partial charge on any atom is -0.207 e. The Labute approximate surface area is 132 Å². The SMILES string of the molecule is Cc1csc(C(Cl)c2cc(Cl)c(Br)cc2F)c1Cl. The highest BCUT2D eigenvalue weighted by Gasteiger charge is 2.21. The summed E-state index contributed by atoms with van der Waals surface area (Å²) in [6.45, 7) is 1.89. The van der Waals surface area contributed by atoms with E-state index in [-0.39, 0.29) is 0 Å². The van der Waals surface area contributed by atoms with Gasteiger partial charge in [-0.3, -0.25) is 0 Å². The number of hydrogen-bond donors (Lipinski definition) is 0. The van der Waals surface area contributed by atoms with Crippen molar-refractivity contribution in [2.75, 3.05) is 0 Å². The summed E-state index contributed by atoms with van der Waals surface area (Å²) < 4.78 is 14.4. The van der Waals surface area contributed by atoms with Crippen molar-refractivity contribution in [2.24, 2.45) is 0 Å². The number of aryl methyl sites for hydroxylation is 1. The zero-order chi connectivity index (χ0) is 13.4. The molecule has 0 fully saturated rings. The van der Waals surface area contributed by atoms with E-state index in [9.17, 15) is 4.39 Å². The van der Waals surface area contributed by atoms with Crippen LogP contribution < -0.4 is 0 Å². The monoisotopic (exact) mass is 386 g/mol. The average molecular weight is 389 g/mol. The first-order valence-corrected chi connectivity index (χ1v) is 7.80. The van der Waals surface area contributed by atoms with Gasteiger partial charge in [-0.2, -0.15) is 0 Å². The van der Waals surface area contributed by atoms with Crippen LogP contribution in [0.2, 0.25) is 10.0 Å². The van der Waals surface area contributed by atoms with Gasteiger partial charge in [0.05, 0.1) is 15.4 Å². The van der Waals surface area contributed by atoms with Crippen molar-refractivity contribution in [3.8, 4) is 0 Å². The first-order valence-electron chi connectivity index (χ1n) is 4.93. The van der Waals surface area contributed by atoms with Crippen LogP contribution in [0.3, 0.4) is 0 Å². The van der Waals surface area contributed by atoms with Gasteiger partial charge in [-0.05, 0) is 45.9 Å². The summed E-state index contributed by atoms with van der Waals surface area (Å²) in [5.41, 5.74) is 1.26. The Hall–Kier alpha value is 0.200. The molecular weight excluding hydrogens is 381 g/mol. The molecule has 0 amide bonds. The molecule has 2 rings (SSSR count). The predicted molar refractivity (Wildman–Crippen MR) is 80.9 cm³/mol.